The second-order valence-electron chi connectivity index (χ2n) is 5.36. The number of ketones is 1. The molecule has 21 heavy (non-hydrogen) atoms. The minimum absolute atomic E-state index is 0.0326. The molecule has 0 saturated heterocycles. The van der Waals surface area contributed by atoms with E-state index in [0.29, 0.717) is 23.0 Å². The normalized spacial score (nSPS) is 14.2. The molecule has 0 amide bonds. The van der Waals surface area contributed by atoms with Crippen molar-refractivity contribution in [3.8, 4) is 0 Å². The molecule has 0 atom stereocenters. The maximum Gasteiger partial charge on any atom is 0.171 e. The van der Waals surface area contributed by atoms with Crippen LogP contribution in [0, 0.1) is 0 Å². The first kappa shape index (κ1) is 14.4. The smallest absolute Gasteiger partial charge is 0.171 e. The highest BCUT2D eigenvalue weighted by Crippen LogP contribution is 2.51. The number of hydrogen-bond donors (Lipinski definition) is 2. The number of Topliss-reactive ketones (excluding diaryl/α,β-unsaturated/α-hetero) is 1. The van der Waals surface area contributed by atoms with Crippen molar-refractivity contribution in [1.82, 2.24) is 0 Å². The number of thiophene rings is 1. The van der Waals surface area contributed by atoms with E-state index in [1.54, 1.807) is 6.92 Å². The Kier molecular flexibility index (Phi) is 3.91. The molecule has 0 bridgehead atoms. The van der Waals surface area contributed by atoms with E-state index in [2.05, 4.69) is 5.32 Å². The molecule has 3 N–H and O–H groups in total. The summed E-state index contributed by atoms with van der Waals surface area (Å²) >= 11 is 7.64. The van der Waals surface area contributed by atoms with Crippen LogP contribution in [0.5, 0.6) is 0 Å². The minimum atomic E-state index is 0.0326. The monoisotopic (exact) mass is 320 g/mol. The molecule has 110 valence electrons. The van der Waals surface area contributed by atoms with Crippen LogP contribution in [0.15, 0.2) is 24.3 Å². The average Bonchev–Trinajstić information content (AvgIpc) is 3.22. The molecular weight excluding hydrogens is 304 g/mol. The first-order valence-corrected chi connectivity index (χ1v) is 8.17. The summed E-state index contributed by atoms with van der Waals surface area (Å²) < 4.78 is 0. The lowest BCUT2D eigenvalue weighted by molar-refractivity contribution is 0.102. The number of nitrogens with one attached hydrogen (secondary N) is 1. The molecular formula is C16H17ClN2OS. The molecule has 2 aromatic rings. The van der Waals surface area contributed by atoms with Gasteiger partial charge in [0.25, 0.3) is 0 Å². The predicted molar refractivity (Wildman–Crippen MR) is 89.5 cm³/mol. The largest absolute Gasteiger partial charge is 0.397 e. The number of halogens is 1. The number of carbonyl (C=O) groups is 1. The van der Waals surface area contributed by atoms with Crippen molar-refractivity contribution in [2.75, 3.05) is 11.1 Å². The Morgan fingerprint density at radius 2 is 2.14 bits per heavy atom. The Morgan fingerprint density at radius 3 is 2.76 bits per heavy atom. The number of nitrogens with two attached hydrogens (primary N) is 1. The fraction of sp³-hybridized carbons (Fsp3) is 0.312. The molecule has 1 fully saturated rings. The molecule has 0 radical (unpaired) electrons. The minimum Gasteiger partial charge on any atom is -0.397 e. The lowest BCUT2D eigenvalue weighted by atomic mass is 10.1. The summed E-state index contributed by atoms with van der Waals surface area (Å²) in [5, 5.41) is 5.17. The van der Waals surface area contributed by atoms with Gasteiger partial charge in [0, 0.05) is 24.1 Å². The molecule has 1 aliphatic carbocycles. The van der Waals surface area contributed by atoms with Gasteiger partial charge >= 0.3 is 0 Å². The van der Waals surface area contributed by atoms with E-state index in [-0.39, 0.29) is 5.78 Å². The zero-order valence-corrected chi connectivity index (χ0v) is 13.4. The Bertz CT molecular complexity index is 692. The highest BCUT2D eigenvalue weighted by Gasteiger charge is 2.32. The van der Waals surface area contributed by atoms with E-state index in [1.807, 2.05) is 24.3 Å². The van der Waals surface area contributed by atoms with Crippen LogP contribution in [0.2, 0.25) is 5.02 Å². The van der Waals surface area contributed by atoms with Crippen LogP contribution in [-0.2, 0) is 6.54 Å². The molecule has 1 aromatic carbocycles. The van der Waals surface area contributed by atoms with Gasteiger partial charge in [0.15, 0.2) is 5.78 Å². The van der Waals surface area contributed by atoms with E-state index in [9.17, 15) is 4.79 Å². The van der Waals surface area contributed by atoms with Crippen LogP contribution in [-0.4, -0.2) is 5.78 Å². The molecule has 1 aromatic heterocycles. The topological polar surface area (TPSA) is 55.1 Å². The van der Waals surface area contributed by atoms with E-state index in [4.69, 9.17) is 17.3 Å². The summed E-state index contributed by atoms with van der Waals surface area (Å²) in [5.41, 5.74) is 8.99. The van der Waals surface area contributed by atoms with Crippen molar-refractivity contribution in [2.45, 2.75) is 32.2 Å². The summed E-state index contributed by atoms with van der Waals surface area (Å²) in [6.45, 7) is 2.20. The second kappa shape index (κ2) is 5.70. The van der Waals surface area contributed by atoms with Gasteiger partial charge in [-0.25, -0.2) is 0 Å². The quantitative estimate of drug-likeness (QED) is 0.787. The fourth-order valence-corrected chi connectivity index (χ4v) is 3.75. The van der Waals surface area contributed by atoms with Crippen molar-refractivity contribution in [2.24, 2.45) is 0 Å². The van der Waals surface area contributed by atoms with Crippen LogP contribution in [0.3, 0.4) is 0 Å². The van der Waals surface area contributed by atoms with Gasteiger partial charge in [-0.2, -0.15) is 0 Å². The zero-order chi connectivity index (χ0) is 15.0. The summed E-state index contributed by atoms with van der Waals surface area (Å²) in [5.74, 6) is 0.535. The van der Waals surface area contributed by atoms with E-state index < -0.39 is 0 Å². The third-order valence-electron chi connectivity index (χ3n) is 3.69. The number of benzene rings is 1. The van der Waals surface area contributed by atoms with Gasteiger partial charge in [-0.3, -0.25) is 4.79 Å². The van der Waals surface area contributed by atoms with Crippen molar-refractivity contribution in [3.05, 3.63) is 45.3 Å². The second-order valence-corrected chi connectivity index (χ2v) is 6.79. The third kappa shape index (κ3) is 2.92. The Balaban J connectivity index is 1.86. The molecule has 1 aliphatic rings. The lowest BCUT2D eigenvalue weighted by Gasteiger charge is -2.08. The van der Waals surface area contributed by atoms with Crippen LogP contribution >= 0.6 is 22.9 Å². The van der Waals surface area contributed by atoms with Gasteiger partial charge in [-0.1, -0.05) is 29.8 Å². The number of rotatable bonds is 5. The van der Waals surface area contributed by atoms with Crippen molar-refractivity contribution in [1.29, 1.82) is 0 Å². The molecule has 3 rings (SSSR count). The maximum absolute atomic E-state index is 11.7. The van der Waals surface area contributed by atoms with Crippen LogP contribution in [0.1, 0.15) is 46.5 Å². The number of carbonyl (C=O) groups excluding carboxylic acids is 1. The maximum atomic E-state index is 11.7. The third-order valence-corrected chi connectivity index (χ3v) is 5.33. The van der Waals surface area contributed by atoms with E-state index >= 15 is 0 Å². The van der Waals surface area contributed by atoms with E-state index in [0.717, 1.165) is 34.0 Å². The first-order valence-electron chi connectivity index (χ1n) is 6.98. The van der Waals surface area contributed by atoms with Gasteiger partial charge < -0.3 is 11.1 Å². The van der Waals surface area contributed by atoms with Gasteiger partial charge in [0.2, 0.25) is 0 Å². The molecule has 5 heteroatoms. The Hall–Kier alpha value is -1.52. The van der Waals surface area contributed by atoms with Crippen molar-refractivity contribution in [3.63, 3.8) is 0 Å². The average molecular weight is 321 g/mol. The zero-order valence-electron chi connectivity index (χ0n) is 11.8. The molecule has 0 unspecified atom stereocenters. The number of anilines is 2. The highest BCUT2D eigenvalue weighted by molar-refractivity contribution is 7.18. The highest BCUT2D eigenvalue weighted by atomic mass is 35.5. The molecule has 1 saturated carbocycles. The Labute approximate surface area is 133 Å². The summed E-state index contributed by atoms with van der Waals surface area (Å²) in [7, 11) is 0. The van der Waals surface area contributed by atoms with Gasteiger partial charge in [0.05, 0.1) is 15.6 Å². The fourth-order valence-electron chi connectivity index (χ4n) is 2.44. The van der Waals surface area contributed by atoms with Gasteiger partial charge in [-0.15, -0.1) is 11.3 Å². The van der Waals surface area contributed by atoms with Gasteiger partial charge in [0.1, 0.15) is 0 Å². The SMILES string of the molecule is CC(=O)c1sc(NCc2ccccc2Cl)c(C2CC2)c1N. The summed E-state index contributed by atoms with van der Waals surface area (Å²) in [6.07, 6.45) is 2.30. The summed E-state index contributed by atoms with van der Waals surface area (Å²) in [6, 6.07) is 7.76. The summed E-state index contributed by atoms with van der Waals surface area (Å²) in [4.78, 5) is 12.3. The number of hydrogen-bond acceptors (Lipinski definition) is 4. The molecule has 0 spiro atoms. The van der Waals surface area contributed by atoms with Crippen molar-refractivity contribution < 1.29 is 4.79 Å². The van der Waals surface area contributed by atoms with Crippen LogP contribution < -0.4 is 11.1 Å². The standard InChI is InChI=1S/C16H17ClN2OS/c1-9(20)15-14(18)13(10-6-7-10)16(21-15)19-8-11-4-2-3-5-12(11)17/h2-5,10,19H,6-8,18H2,1H3. The van der Waals surface area contributed by atoms with E-state index in [1.165, 1.54) is 11.3 Å². The molecule has 1 heterocycles. The number of nitrogen functional groups attached to an aromatic ring is 1. The first-order chi connectivity index (χ1) is 10.1. The van der Waals surface area contributed by atoms with Crippen LogP contribution in [0.4, 0.5) is 10.7 Å². The van der Waals surface area contributed by atoms with Crippen molar-refractivity contribution >= 4 is 39.4 Å². The molecule has 3 nitrogen and oxygen atoms in total. The van der Waals surface area contributed by atoms with Gasteiger partial charge in [-0.05, 0) is 30.4 Å². The van der Waals surface area contributed by atoms with Crippen LogP contribution in [0.25, 0.3) is 0 Å². The predicted octanol–water partition coefficient (Wildman–Crippen LogP) is 4.68. The lowest BCUT2D eigenvalue weighted by Crippen LogP contribution is -2.01. The molecule has 0 aliphatic heterocycles. The Morgan fingerprint density at radius 1 is 1.43 bits per heavy atom.